The van der Waals surface area contributed by atoms with Crippen LogP contribution in [0.5, 0.6) is 0 Å². The number of rotatable bonds is 2. The topological polar surface area (TPSA) is 43.1 Å². The summed E-state index contributed by atoms with van der Waals surface area (Å²) in [5.41, 5.74) is 7.23. The number of nitrogens with two attached hydrogens (primary N) is 1. The highest BCUT2D eigenvalue weighted by Gasteiger charge is 2.16. The van der Waals surface area contributed by atoms with E-state index in [-0.39, 0.29) is 5.78 Å². The third kappa shape index (κ3) is 2.76. The van der Waals surface area contributed by atoms with Gasteiger partial charge in [-0.3, -0.25) is 4.79 Å². The molecule has 92 valence electrons. The number of carbonyl (C=O) groups is 1. The Morgan fingerprint density at radius 1 is 1.06 bits per heavy atom. The highest BCUT2D eigenvalue weighted by molar-refractivity contribution is 9.10. The third-order valence-corrected chi connectivity index (χ3v) is 3.89. The average Bonchev–Trinajstić information content (AvgIpc) is 2.31. The molecule has 0 spiro atoms. The van der Waals surface area contributed by atoms with Gasteiger partial charge in [0.1, 0.15) is 0 Å². The van der Waals surface area contributed by atoms with Crippen molar-refractivity contribution in [3.8, 4) is 0 Å². The Labute approximate surface area is 126 Å². The molecule has 0 saturated carbocycles. The van der Waals surface area contributed by atoms with Crippen molar-refractivity contribution < 1.29 is 4.79 Å². The van der Waals surface area contributed by atoms with Gasteiger partial charge in [-0.2, -0.15) is 0 Å². The zero-order valence-corrected chi connectivity index (χ0v) is 13.0. The van der Waals surface area contributed by atoms with E-state index in [0.29, 0.717) is 26.3 Å². The number of nitrogen functional groups attached to an aromatic ring is 1. The maximum absolute atomic E-state index is 12.4. The van der Waals surface area contributed by atoms with E-state index in [9.17, 15) is 4.79 Å². The van der Waals surface area contributed by atoms with Gasteiger partial charge in [0.2, 0.25) is 0 Å². The summed E-state index contributed by atoms with van der Waals surface area (Å²) in [6, 6.07) is 10.2. The first-order chi connectivity index (χ1) is 8.49. The van der Waals surface area contributed by atoms with Crippen molar-refractivity contribution in [2.45, 2.75) is 0 Å². The SMILES string of the molecule is Nc1ccc(C(=O)c2cc(Br)ccc2Cl)c(Br)c1. The van der Waals surface area contributed by atoms with Gasteiger partial charge in [-0.25, -0.2) is 0 Å². The van der Waals surface area contributed by atoms with Crippen molar-refractivity contribution in [3.63, 3.8) is 0 Å². The molecule has 0 heterocycles. The van der Waals surface area contributed by atoms with Crippen molar-refractivity contribution in [1.82, 2.24) is 0 Å². The van der Waals surface area contributed by atoms with Crippen LogP contribution in [-0.2, 0) is 0 Å². The van der Waals surface area contributed by atoms with Gasteiger partial charge in [-0.1, -0.05) is 27.5 Å². The summed E-state index contributed by atoms with van der Waals surface area (Å²) < 4.78 is 1.46. The van der Waals surface area contributed by atoms with Crippen LogP contribution in [0.4, 0.5) is 5.69 Å². The van der Waals surface area contributed by atoms with E-state index in [1.807, 2.05) is 0 Å². The van der Waals surface area contributed by atoms with Crippen molar-refractivity contribution >= 4 is 54.9 Å². The number of anilines is 1. The monoisotopic (exact) mass is 387 g/mol. The minimum atomic E-state index is -0.145. The number of carbonyl (C=O) groups excluding carboxylic acids is 1. The molecule has 0 aliphatic carbocycles. The van der Waals surface area contributed by atoms with Gasteiger partial charge in [-0.05, 0) is 52.3 Å². The Balaban J connectivity index is 2.51. The molecule has 2 aromatic carbocycles. The second-order valence-electron chi connectivity index (χ2n) is 3.69. The number of benzene rings is 2. The van der Waals surface area contributed by atoms with E-state index in [1.165, 1.54) is 0 Å². The predicted octanol–water partition coefficient (Wildman–Crippen LogP) is 4.68. The molecule has 0 unspecified atom stereocenters. The van der Waals surface area contributed by atoms with E-state index < -0.39 is 0 Å². The lowest BCUT2D eigenvalue weighted by atomic mass is 10.0. The average molecular weight is 389 g/mol. The molecule has 5 heteroatoms. The van der Waals surface area contributed by atoms with E-state index in [2.05, 4.69) is 31.9 Å². The Morgan fingerprint density at radius 2 is 1.78 bits per heavy atom. The first kappa shape index (κ1) is 13.6. The first-order valence-corrected chi connectivity index (χ1v) is 7.00. The van der Waals surface area contributed by atoms with Gasteiger partial charge >= 0.3 is 0 Å². The largest absolute Gasteiger partial charge is 0.399 e. The van der Waals surface area contributed by atoms with E-state index in [4.69, 9.17) is 17.3 Å². The number of halogens is 3. The lowest BCUT2D eigenvalue weighted by Gasteiger charge is -2.07. The summed E-state index contributed by atoms with van der Waals surface area (Å²) in [5.74, 6) is -0.145. The molecule has 2 N–H and O–H groups in total. The van der Waals surface area contributed by atoms with E-state index in [1.54, 1.807) is 36.4 Å². The van der Waals surface area contributed by atoms with Crippen LogP contribution in [0.3, 0.4) is 0 Å². The summed E-state index contributed by atoms with van der Waals surface area (Å²) in [6.45, 7) is 0. The molecule has 0 fully saturated rings. The summed E-state index contributed by atoms with van der Waals surface area (Å²) in [5, 5.41) is 0.423. The van der Waals surface area contributed by atoms with Crippen molar-refractivity contribution in [2.75, 3.05) is 5.73 Å². The minimum Gasteiger partial charge on any atom is -0.399 e. The van der Waals surface area contributed by atoms with Crippen LogP contribution in [0.15, 0.2) is 45.3 Å². The fraction of sp³-hybridized carbons (Fsp3) is 0. The van der Waals surface area contributed by atoms with Crippen LogP contribution in [0.2, 0.25) is 5.02 Å². The lowest BCUT2D eigenvalue weighted by Crippen LogP contribution is -2.04. The van der Waals surface area contributed by atoms with Gasteiger partial charge in [0.25, 0.3) is 0 Å². The Bertz CT molecular complexity index is 628. The Morgan fingerprint density at radius 3 is 2.44 bits per heavy atom. The fourth-order valence-corrected chi connectivity index (χ4v) is 2.67. The predicted molar refractivity (Wildman–Crippen MR) is 81.1 cm³/mol. The molecular formula is C13H8Br2ClNO. The van der Waals surface area contributed by atoms with E-state index >= 15 is 0 Å². The van der Waals surface area contributed by atoms with Crippen LogP contribution in [0, 0.1) is 0 Å². The zero-order chi connectivity index (χ0) is 13.3. The first-order valence-electron chi connectivity index (χ1n) is 5.04. The molecular weight excluding hydrogens is 381 g/mol. The molecule has 0 aliphatic heterocycles. The quantitative estimate of drug-likeness (QED) is 0.599. The second kappa shape index (κ2) is 5.43. The third-order valence-electron chi connectivity index (χ3n) is 2.41. The van der Waals surface area contributed by atoms with Crippen molar-refractivity contribution in [1.29, 1.82) is 0 Å². The van der Waals surface area contributed by atoms with Gasteiger partial charge in [0.05, 0.1) is 5.02 Å². The summed E-state index contributed by atoms with van der Waals surface area (Å²) in [7, 11) is 0. The molecule has 0 saturated heterocycles. The normalized spacial score (nSPS) is 10.4. The number of ketones is 1. The Hall–Kier alpha value is -0.840. The van der Waals surface area contributed by atoms with Gasteiger partial charge in [0.15, 0.2) is 5.78 Å². The van der Waals surface area contributed by atoms with Gasteiger partial charge in [0, 0.05) is 25.8 Å². The number of hydrogen-bond donors (Lipinski definition) is 1. The lowest BCUT2D eigenvalue weighted by molar-refractivity contribution is 0.103. The molecule has 2 rings (SSSR count). The summed E-state index contributed by atoms with van der Waals surface area (Å²) >= 11 is 12.7. The highest BCUT2D eigenvalue weighted by atomic mass is 79.9. The minimum absolute atomic E-state index is 0.145. The van der Waals surface area contributed by atoms with Crippen molar-refractivity contribution in [2.24, 2.45) is 0 Å². The van der Waals surface area contributed by atoms with Crippen LogP contribution in [-0.4, -0.2) is 5.78 Å². The van der Waals surface area contributed by atoms with Gasteiger partial charge in [-0.15, -0.1) is 0 Å². The molecule has 2 aromatic rings. The molecule has 0 atom stereocenters. The smallest absolute Gasteiger partial charge is 0.195 e. The molecule has 18 heavy (non-hydrogen) atoms. The molecule has 0 amide bonds. The van der Waals surface area contributed by atoms with Crippen LogP contribution < -0.4 is 5.73 Å². The highest BCUT2D eigenvalue weighted by Crippen LogP contribution is 2.27. The zero-order valence-electron chi connectivity index (χ0n) is 9.08. The van der Waals surface area contributed by atoms with E-state index in [0.717, 1.165) is 4.47 Å². The molecule has 0 aliphatic rings. The summed E-state index contributed by atoms with van der Waals surface area (Å²) in [4.78, 5) is 12.4. The molecule has 0 aromatic heterocycles. The van der Waals surface area contributed by atoms with Gasteiger partial charge < -0.3 is 5.73 Å². The van der Waals surface area contributed by atoms with Crippen LogP contribution in [0.25, 0.3) is 0 Å². The molecule has 0 radical (unpaired) electrons. The van der Waals surface area contributed by atoms with Crippen molar-refractivity contribution in [3.05, 3.63) is 61.5 Å². The summed E-state index contributed by atoms with van der Waals surface area (Å²) in [6.07, 6.45) is 0. The standard InChI is InChI=1S/C13H8Br2ClNO/c14-7-1-4-12(16)10(5-7)13(18)9-3-2-8(17)6-11(9)15/h1-6H,17H2. The Kier molecular flexibility index (Phi) is 4.10. The maximum Gasteiger partial charge on any atom is 0.195 e. The molecule has 2 nitrogen and oxygen atoms in total. The maximum atomic E-state index is 12.4. The number of hydrogen-bond acceptors (Lipinski definition) is 2. The second-order valence-corrected chi connectivity index (χ2v) is 5.87. The molecule has 0 bridgehead atoms. The van der Waals surface area contributed by atoms with Crippen LogP contribution in [0.1, 0.15) is 15.9 Å². The van der Waals surface area contributed by atoms with Crippen LogP contribution >= 0.6 is 43.5 Å². The fourth-order valence-electron chi connectivity index (χ4n) is 1.53.